The largest absolute Gasteiger partial charge is 0.495 e. The van der Waals surface area contributed by atoms with Crippen LogP contribution >= 0.6 is 23.6 Å². The third-order valence-corrected chi connectivity index (χ3v) is 6.27. The van der Waals surface area contributed by atoms with Crippen LogP contribution < -0.4 is 20.1 Å². The average Bonchev–Trinajstić information content (AvgIpc) is 3.19. The Balaban J connectivity index is 2.02. The number of ether oxygens (including phenoxy) is 1. The van der Waals surface area contributed by atoms with Crippen LogP contribution in [0.5, 0.6) is 5.75 Å². The van der Waals surface area contributed by atoms with E-state index in [-0.39, 0.29) is 21.7 Å². The Hall–Kier alpha value is -2.43. The van der Waals surface area contributed by atoms with Crippen molar-refractivity contribution in [2.24, 2.45) is 0 Å². The molecule has 0 aliphatic carbocycles. The zero-order valence-electron chi connectivity index (χ0n) is 15.4. The molecule has 0 spiro atoms. The van der Waals surface area contributed by atoms with Gasteiger partial charge in [-0.1, -0.05) is 12.1 Å². The van der Waals surface area contributed by atoms with Crippen LogP contribution in [-0.2, 0) is 21.2 Å². The molecule has 2 rings (SSSR count). The van der Waals surface area contributed by atoms with Gasteiger partial charge in [0.15, 0.2) is 5.11 Å². The van der Waals surface area contributed by atoms with Crippen molar-refractivity contribution < 1.29 is 17.9 Å². The van der Waals surface area contributed by atoms with E-state index in [4.69, 9.17) is 17.0 Å². The maximum absolute atomic E-state index is 12.5. The van der Waals surface area contributed by atoms with Crippen LogP contribution in [0.2, 0.25) is 0 Å². The van der Waals surface area contributed by atoms with Gasteiger partial charge in [0.05, 0.1) is 7.11 Å². The Morgan fingerprint density at radius 1 is 1.32 bits per heavy atom. The van der Waals surface area contributed by atoms with Gasteiger partial charge in [0.2, 0.25) is 5.91 Å². The number of nitrogens with one attached hydrogen (secondary N) is 3. The van der Waals surface area contributed by atoms with Gasteiger partial charge in [0.25, 0.3) is 10.0 Å². The molecule has 1 aromatic carbocycles. The van der Waals surface area contributed by atoms with Gasteiger partial charge < -0.3 is 15.4 Å². The second-order valence-corrected chi connectivity index (χ2v) is 8.60. The number of carbonyl (C=O) groups excluding carboxylic acids is 1. The van der Waals surface area contributed by atoms with E-state index < -0.39 is 10.0 Å². The van der Waals surface area contributed by atoms with Crippen LogP contribution in [0.15, 0.2) is 46.7 Å². The molecule has 0 unspecified atom stereocenters. The first kappa shape index (κ1) is 21.9. The van der Waals surface area contributed by atoms with E-state index >= 15 is 0 Å². The topological polar surface area (TPSA) is 96.5 Å². The van der Waals surface area contributed by atoms with Crippen LogP contribution in [0.25, 0.3) is 6.08 Å². The molecule has 0 radical (unpaired) electrons. The molecule has 0 aliphatic rings. The number of hydrogen-bond donors (Lipinski definition) is 3. The molecule has 3 N–H and O–H groups in total. The van der Waals surface area contributed by atoms with Crippen molar-refractivity contribution >= 4 is 50.7 Å². The molecule has 0 fully saturated rings. The molecule has 150 valence electrons. The fourth-order valence-electron chi connectivity index (χ4n) is 2.25. The summed E-state index contributed by atoms with van der Waals surface area (Å²) in [5.41, 5.74) is 0.735. The normalized spacial score (nSPS) is 11.2. The minimum Gasteiger partial charge on any atom is -0.495 e. The highest BCUT2D eigenvalue weighted by Gasteiger charge is 2.21. The standard InChI is InChI=1S/C18H21N3O4S3/c1-19-18(26)21-28(23,24)16-12-13(5-7-15(16)25-2)9-10-20-17(22)8-6-14-4-3-11-27-14/h3-8,11-12H,9-10H2,1-2H3,(H,20,22)(H2,19,21,26). The van der Waals surface area contributed by atoms with Crippen molar-refractivity contribution in [1.82, 2.24) is 15.4 Å². The van der Waals surface area contributed by atoms with E-state index in [2.05, 4.69) is 15.4 Å². The highest BCUT2D eigenvalue weighted by atomic mass is 32.2. The highest BCUT2D eigenvalue weighted by Crippen LogP contribution is 2.25. The first-order valence-corrected chi connectivity index (χ1v) is 11.0. The molecular formula is C18H21N3O4S3. The summed E-state index contributed by atoms with van der Waals surface area (Å²) in [6.07, 6.45) is 3.67. The Bertz CT molecular complexity index is 954. The first-order valence-electron chi connectivity index (χ1n) is 8.26. The van der Waals surface area contributed by atoms with Gasteiger partial charge in [-0.25, -0.2) is 8.42 Å². The molecule has 28 heavy (non-hydrogen) atoms. The number of rotatable bonds is 8. The summed E-state index contributed by atoms with van der Waals surface area (Å²) in [6, 6.07) is 8.66. The number of benzene rings is 1. The van der Waals surface area contributed by atoms with Crippen LogP contribution in [-0.4, -0.2) is 40.1 Å². The highest BCUT2D eigenvalue weighted by molar-refractivity contribution is 7.92. The molecular weight excluding hydrogens is 418 g/mol. The molecule has 2 aromatic rings. The summed E-state index contributed by atoms with van der Waals surface area (Å²) in [5.74, 6) is -0.00568. The minimum atomic E-state index is -3.89. The maximum Gasteiger partial charge on any atom is 0.267 e. The van der Waals surface area contributed by atoms with Gasteiger partial charge in [-0.15, -0.1) is 11.3 Å². The lowest BCUT2D eigenvalue weighted by atomic mass is 10.1. The smallest absolute Gasteiger partial charge is 0.267 e. The van der Waals surface area contributed by atoms with Gasteiger partial charge in [-0.2, -0.15) is 0 Å². The summed E-state index contributed by atoms with van der Waals surface area (Å²) >= 11 is 6.42. The number of amides is 1. The fraction of sp³-hybridized carbons (Fsp3) is 0.222. The molecule has 1 aromatic heterocycles. The van der Waals surface area contributed by atoms with Gasteiger partial charge >= 0.3 is 0 Å². The lowest BCUT2D eigenvalue weighted by Gasteiger charge is -2.13. The SMILES string of the molecule is CNC(=S)NS(=O)(=O)c1cc(CCNC(=O)C=Cc2cccs2)ccc1OC. The molecule has 0 saturated carbocycles. The van der Waals surface area contributed by atoms with Crippen LogP contribution in [0.4, 0.5) is 0 Å². The predicted octanol–water partition coefficient (Wildman–Crippen LogP) is 1.91. The predicted molar refractivity (Wildman–Crippen MR) is 115 cm³/mol. The summed E-state index contributed by atoms with van der Waals surface area (Å²) in [4.78, 5) is 12.8. The van der Waals surface area contributed by atoms with Gasteiger partial charge in [-0.05, 0) is 53.9 Å². The third kappa shape index (κ3) is 6.32. The molecule has 0 saturated heterocycles. The summed E-state index contributed by atoms with van der Waals surface area (Å²) < 4.78 is 32.4. The quantitative estimate of drug-likeness (QED) is 0.430. The van der Waals surface area contributed by atoms with Crippen LogP contribution in [0.1, 0.15) is 10.4 Å². The molecule has 0 atom stereocenters. The van der Waals surface area contributed by atoms with E-state index in [1.165, 1.54) is 26.3 Å². The summed E-state index contributed by atoms with van der Waals surface area (Å²) in [5, 5.41) is 7.25. The minimum absolute atomic E-state index is 0.0164. The second kappa shape index (κ2) is 10.2. The Labute approximate surface area is 173 Å². The van der Waals surface area contributed by atoms with Crippen molar-refractivity contribution in [2.75, 3.05) is 20.7 Å². The van der Waals surface area contributed by atoms with Crippen molar-refractivity contribution in [3.63, 3.8) is 0 Å². The van der Waals surface area contributed by atoms with E-state index in [0.717, 1.165) is 10.4 Å². The van der Waals surface area contributed by atoms with Crippen molar-refractivity contribution in [2.45, 2.75) is 11.3 Å². The fourth-order valence-corrected chi connectivity index (χ4v) is 4.37. The zero-order valence-corrected chi connectivity index (χ0v) is 17.8. The van der Waals surface area contributed by atoms with E-state index in [9.17, 15) is 13.2 Å². The Morgan fingerprint density at radius 2 is 2.11 bits per heavy atom. The molecule has 0 aliphatic heterocycles. The molecule has 1 heterocycles. The lowest BCUT2D eigenvalue weighted by molar-refractivity contribution is -0.116. The number of hydrogen-bond acceptors (Lipinski definition) is 6. The maximum atomic E-state index is 12.5. The van der Waals surface area contributed by atoms with Crippen molar-refractivity contribution in [1.29, 1.82) is 0 Å². The average molecular weight is 440 g/mol. The van der Waals surface area contributed by atoms with Crippen molar-refractivity contribution in [3.05, 3.63) is 52.2 Å². The number of thiocarbonyl (C=S) groups is 1. The zero-order chi connectivity index (χ0) is 20.6. The lowest BCUT2D eigenvalue weighted by Crippen LogP contribution is -2.37. The Morgan fingerprint density at radius 3 is 2.75 bits per heavy atom. The van der Waals surface area contributed by atoms with Gasteiger partial charge in [0, 0.05) is 24.5 Å². The number of methoxy groups -OCH3 is 1. The van der Waals surface area contributed by atoms with Crippen LogP contribution in [0.3, 0.4) is 0 Å². The molecule has 7 nitrogen and oxygen atoms in total. The molecule has 1 amide bonds. The number of thiophene rings is 1. The molecule has 0 bridgehead atoms. The Kier molecular flexibility index (Phi) is 7.97. The first-order chi connectivity index (χ1) is 13.4. The van der Waals surface area contributed by atoms with E-state index in [1.807, 2.05) is 17.5 Å². The number of carbonyl (C=O) groups is 1. The second-order valence-electron chi connectivity index (χ2n) is 5.56. The van der Waals surface area contributed by atoms with E-state index in [0.29, 0.717) is 13.0 Å². The van der Waals surface area contributed by atoms with Gasteiger partial charge in [-0.3, -0.25) is 9.52 Å². The van der Waals surface area contributed by atoms with Crippen molar-refractivity contribution in [3.8, 4) is 5.75 Å². The van der Waals surface area contributed by atoms with Crippen LogP contribution in [0, 0.1) is 0 Å². The molecule has 10 heteroatoms. The number of sulfonamides is 1. The third-order valence-electron chi connectivity index (χ3n) is 3.63. The van der Waals surface area contributed by atoms with Gasteiger partial charge in [0.1, 0.15) is 10.6 Å². The summed E-state index contributed by atoms with van der Waals surface area (Å²) in [6.45, 7) is 0.363. The monoisotopic (exact) mass is 439 g/mol. The van der Waals surface area contributed by atoms with E-state index in [1.54, 1.807) is 29.5 Å². The summed E-state index contributed by atoms with van der Waals surface area (Å²) in [7, 11) is -0.973.